The van der Waals surface area contributed by atoms with E-state index in [0.717, 1.165) is 11.3 Å². The smallest absolute Gasteiger partial charge is 0.255 e. The number of carbonyl (C=O) groups is 1. The van der Waals surface area contributed by atoms with E-state index in [2.05, 4.69) is 16.9 Å². The number of alkyl halides is 1. The van der Waals surface area contributed by atoms with Crippen LogP contribution in [-0.2, 0) is 4.79 Å². The molecule has 118 valence electrons. The highest BCUT2D eigenvalue weighted by atomic mass is 19.1. The number of carbonyl (C=O) groups excluding carboxylic acids is 1. The Kier molecular flexibility index (Phi) is 5.80. The molecule has 0 saturated carbocycles. The third kappa shape index (κ3) is 4.95. The largest absolute Gasteiger partial charge is 0.321 e. The Labute approximate surface area is 131 Å². The summed E-state index contributed by atoms with van der Waals surface area (Å²) in [5, 5.41) is 2.77. The molecule has 0 aliphatic rings. The number of aryl methyl sites for hydroxylation is 2. The maximum atomic E-state index is 13.9. The normalized spacial score (nSPS) is 12.5. The molecule has 0 unspecified atom stereocenters. The molecule has 0 aromatic carbocycles. The zero-order valence-corrected chi connectivity index (χ0v) is 13.8. The van der Waals surface area contributed by atoms with E-state index in [1.807, 2.05) is 19.9 Å². The topological polar surface area (TPSA) is 42.0 Å². The fourth-order valence-corrected chi connectivity index (χ4v) is 1.64. The molecule has 0 radical (unpaired) electrons. The molecule has 1 rings (SSSR count). The molecule has 1 aromatic heterocycles. The first-order valence-corrected chi connectivity index (χ1v) is 7.12. The van der Waals surface area contributed by atoms with Crippen LogP contribution in [0, 0.1) is 13.8 Å². The highest BCUT2D eigenvalue weighted by Crippen LogP contribution is 2.22. The Morgan fingerprint density at radius 1 is 1.41 bits per heavy atom. The van der Waals surface area contributed by atoms with Gasteiger partial charge in [-0.15, -0.1) is 0 Å². The Balaban J connectivity index is 3.02. The Morgan fingerprint density at radius 3 is 2.55 bits per heavy atom. The second kappa shape index (κ2) is 7.16. The average molecular weight is 302 g/mol. The minimum absolute atomic E-state index is 0.244. The molecule has 0 saturated heterocycles. The minimum atomic E-state index is -1.57. The minimum Gasteiger partial charge on any atom is -0.321 e. The number of rotatable bonds is 5. The van der Waals surface area contributed by atoms with Crippen molar-refractivity contribution in [2.45, 2.75) is 40.3 Å². The molecule has 1 amide bonds. The molecule has 22 heavy (non-hydrogen) atoms. The lowest BCUT2D eigenvalue weighted by Crippen LogP contribution is -2.17. The Morgan fingerprint density at radius 2 is 2.05 bits per heavy atom. The van der Waals surface area contributed by atoms with E-state index in [1.165, 1.54) is 19.9 Å². The van der Waals surface area contributed by atoms with Crippen LogP contribution in [0.1, 0.15) is 32.0 Å². The van der Waals surface area contributed by atoms with Crippen molar-refractivity contribution in [1.82, 2.24) is 4.98 Å². The summed E-state index contributed by atoms with van der Waals surface area (Å²) in [5.41, 5.74) is 1.52. The molecule has 1 N–H and O–H groups in total. The van der Waals surface area contributed by atoms with Crippen LogP contribution >= 0.6 is 0 Å². The van der Waals surface area contributed by atoms with Gasteiger partial charge in [0.05, 0.1) is 11.9 Å². The van der Waals surface area contributed by atoms with E-state index in [4.69, 9.17) is 0 Å². The van der Waals surface area contributed by atoms with Crippen LogP contribution in [0.25, 0.3) is 0 Å². The van der Waals surface area contributed by atoms with Gasteiger partial charge in [0.15, 0.2) is 0 Å². The van der Waals surface area contributed by atoms with Crippen molar-refractivity contribution in [1.29, 1.82) is 0 Å². The zero-order valence-electron chi connectivity index (χ0n) is 13.8. The zero-order chi connectivity index (χ0) is 16.9. The maximum Gasteiger partial charge on any atom is 0.255 e. The van der Waals surface area contributed by atoms with Crippen LogP contribution in [-0.4, -0.2) is 16.6 Å². The fraction of sp³-hybridized carbons (Fsp3) is 0.333. The number of anilines is 1. The number of halogens is 1. The molecule has 0 atom stereocenters. The first kappa shape index (κ1) is 17.8. The number of amides is 1. The molecule has 0 fully saturated rings. The standard InChI is InChI=1S/C18H23FN2O/c1-7-8-15(10-13(3)18(5,6)19)17(22)21-16-9-12(2)14(4)20-11-16/h7-11H,3H2,1-2,4-6H3,(H,21,22)/b8-7-,15-10+. The van der Waals surface area contributed by atoms with Gasteiger partial charge in [0.1, 0.15) is 5.67 Å². The van der Waals surface area contributed by atoms with Crippen molar-refractivity contribution in [2.24, 2.45) is 0 Å². The van der Waals surface area contributed by atoms with E-state index in [9.17, 15) is 9.18 Å². The van der Waals surface area contributed by atoms with Gasteiger partial charge in [0.25, 0.3) is 5.91 Å². The van der Waals surface area contributed by atoms with Crippen molar-refractivity contribution in [3.8, 4) is 0 Å². The van der Waals surface area contributed by atoms with E-state index in [1.54, 1.807) is 25.3 Å². The van der Waals surface area contributed by atoms with Crippen molar-refractivity contribution in [2.75, 3.05) is 5.32 Å². The molecule has 1 aromatic rings. The summed E-state index contributed by atoms with van der Waals surface area (Å²) in [7, 11) is 0. The highest BCUT2D eigenvalue weighted by molar-refractivity contribution is 6.06. The summed E-state index contributed by atoms with van der Waals surface area (Å²) in [4.78, 5) is 16.5. The maximum absolute atomic E-state index is 13.9. The molecular formula is C18H23FN2O. The average Bonchev–Trinajstić information content (AvgIpc) is 2.41. The summed E-state index contributed by atoms with van der Waals surface area (Å²) in [5.74, 6) is -0.325. The van der Waals surface area contributed by atoms with Gasteiger partial charge in [-0.25, -0.2) is 4.39 Å². The van der Waals surface area contributed by atoms with E-state index in [0.29, 0.717) is 11.3 Å². The third-order valence-electron chi connectivity index (χ3n) is 3.30. The summed E-state index contributed by atoms with van der Waals surface area (Å²) in [6.45, 7) is 12.1. The van der Waals surface area contributed by atoms with E-state index < -0.39 is 5.67 Å². The number of aromatic nitrogens is 1. The quantitative estimate of drug-likeness (QED) is 0.645. The van der Waals surface area contributed by atoms with Gasteiger partial charge >= 0.3 is 0 Å². The number of allylic oxidation sites excluding steroid dienone is 3. The molecule has 1 heterocycles. The van der Waals surface area contributed by atoms with E-state index in [-0.39, 0.29) is 11.5 Å². The van der Waals surface area contributed by atoms with Gasteiger partial charge < -0.3 is 5.32 Å². The lowest BCUT2D eigenvalue weighted by atomic mass is 9.99. The van der Waals surface area contributed by atoms with Crippen molar-refractivity contribution in [3.63, 3.8) is 0 Å². The van der Waals surface area contributed by atoms with Gasteiger partial charge in [0, 0.05) is 11.3 Å². The highest BCUT2D eigenvalue weighted by Gasteiger charge is 2.19. The van der Waals surface area contributed by atoms with Gasteiger partial charge in [-0.3, -0.25) is 9.78 Å². The lowest BCUT2D eigenvalue weighted by Gasteiger charge is -2.15. The summed E-state index contributed by atoms with van der Waals surface area (Å²) in [6.07, 6.45) is 6.41. The molecule has 0 aliphatic carbocycles. The molecule has 3 nitrogen and oxygen atoms in total. The predicted molar refractivity (Wildman–Crippen MR) is 89.6 cm³/mol. The second-order valence-corrected chi connectivity index (χ2v) is 5.68. The van der Waals surface area contributed by atoms with Crippen molar-refractivity contribution >= 4 is 11.6 Å². The van der Waals surface area contributed by atoms with Crippen LogP contribution in [0.2, 0.25) is 0 Å². The fourth-order valence-electron chi connectivity index (χ4n) is 1.64. The lowest BCUT2D eigenvalue weighted by molar-refractivity contribution is -0.112. The van der Waals surface area contributed by atoms with Crippen molar-refractivity contribution < 1.29 is 9.18 Å². The SMILES string of the molecule is C=C(/C=C(\C=C/C)C(=O)Nc1cnc(C)c(C)c1)C(C)(C)F. The Bertz CT molecular complexity index is 637. The van der Waals surface area contributed by atoms with Gasteiger partial charge in [-0.05, 0) is 57.9 Å². The second-order valence-electron chi connectivity index (χ2n) is 5.68. The Hall–Kier alpha value is -2.23. The van der Waals surface area contributed by atoms with Crippen LogP contribution in [0.15, 0.2) is 48.2 Å². The first-order valence-electron chi connectivity index (χ1n) is 7.12. The van der Waals surface area contributed by atoms with E-state index >= 15 is 0 Å². The van der Waals surface area contributed by atoms with Crippen LogP contribution < -0.4 is 5.32 Å². The van der Waals surface area contributed by atoms with Crippen LogP contribution in [0.4, 0.5) is 10.1 Å². The monoisotopic (exact) mass is 302 g/mol. The summed E-state index contributed by atoms with van der Waals surface area (Å²) in [6, 6.07) is 1.85. The molecule has 0 bridgehead atoms. The molecule has 0 aliphatic heterocycles. The van der Waals surface area contributed by atoms with Crippen LogP contribution in [0.3, 0.4) is 0 Å². The van der Waals surface area contributed by atoms with Crippen molar-refractivity contribution in [3.05, 3.63) is 59.5 Å². The van der Waals surface area contributed by atoms with Gasteiger partial charge in [0.2, 0.25) is 0 Å². The van der Waals surface area contributed by atoms with Crippen LogP contribution in [0.5, 0.6) is 0 Å². The molecule has 4 heteroatoms. The summed E-state index contributed by atoms with van der Waals surface area (Å²) >= 11 is 0. The number of hydrogen-bond acceptors (Lipinski definition) is 2. The number of pyridine rings is 1. The summed E-state index contributed by atoms with van der Waals surface area (Å²) < 4.78 is 13.9. The number of nitrogens with one attached hydrogen (secondary N) is 1. The first-order chi connectivity index (χ1) is 10.1. The molecular weight excluding hydrogens is 279 g/mol. The van der Waals surface area contributed by atoms with Gasteiger partial charge in [-0.2, -0.15) is 0 Å². The number of hydrogen-bond donors (Lipinski definition) is 1. The van der Waals surface area contributed by atoms with Gasteiger partial charge in [-0.1, -0.05) is 18.7 Å². The predicted octanol–water partition coefficient (Wildman–Crippen LogP) is 4.44. The molecule has 0 spiro atoms. The third-order valence-corrected chi connectivity index (χ3v) is 3.30. The number of nitrogens with zero attached hydrogens (tertiary/aromatic N) is 1.